The van der Waals surface area contributed by atoms with E-state index < -0.39 is 5.82 Å². The maximum absolute atomic E-state index is 13.8. The van der Waals surface area contributed by atoms with Gasteiger partial charge in [0, 0.05) is 13.1 Å². The quantitative estimate of drug-likeness (QED) is 0.915. The normalized spacial score (nSPS) is 10.5. The Labute approximate surface area is 126 Å². The maximum Gasteiger partial charge on any atom is 0.328 e. The molecule has 2 rings (SSSR count). The second kappa shape index (κ2) is 6.53. The zero-order valence-corrected chi connectivity index (χ0v) is 12.4. The Morgan fingerprint density at radius 1 is 1.24 bits per heavy atom. The molecule has 0 bridgehead atoms. The Morgan fingerprint density at radius 3 is 2.62 bits per heavy atom. The van der Waals surface area contributed by atoms with Crippen LogP contribution in [-0.2, 0) is 0 Å². The number of nitrogen functional groups attached to an aromatic ring is 1. The molecule has 21 heavy (non-hydrogen) atoms. The van der Waals surface area contributed by atoms with E-state index in [1.54, 1.807) is 6.07 Å². The lowest BCUT2D eigenvalue weighted by Gasteiger charge is -2.18. The molecule has 6 nitrogen and oxygen atoms in total. The van der Waals surface area contributed by atoms with E-state index >= 15 is 0 Å². The number of nitrogens with zero attached hydrogens (tertiary/aromatic N) is 4. The Hall–Kier alpha value is -2.15. The molecule has 0 spiro atoms. The molecule has 112 valence electrons. The van der Waals surface area contributed by atoms with E-state index in [1.165, 1.54) is 12.1 Å². The summed E-state index contributed by atoms with van der Waals surface area (Å²) >= 11 is 5.70. The van der Waals surface area contributed by atoms with Crippen molar-refractivity contribution in [1.29, 1.82) is 0 Å². The van der Waals surface area contributed by atoms with Crippen LogP contribution >= 0.6 is 11.6 Å². The molecular formula is C13H15ClFN5O. The second-order valence-electron chi connectivity index (χ2n) is 4.10. The van der Waals surface area contributed by atoms with E-state index in [9.17, 15) is 4.39 Å². The molecule has 1 aromatic heterocycles. The van der Waals surface area contributed by atoms with Crippen molar-refractivity contribution in [2.45, 2.75) is 13.8 Å². The number of hydrogen-bond acceptors (Lipinski definition) is 6. The van der Waals surface area contributed by atoms with Gasteiger partial charge in [0.15, 0.2) is 11.6 Å². The van der Waals surface area contributed by atoms with Crippen LogP contribution in [-0.4, -0.2) is 28.0 Å². The predicted molar refractivity (Wildman–Crippen MR) is 79.3 cm³/mol. The molecule has 1 aromatic carbocycles. The maximum atomic E-state index is 13.8. The molecule has 0 unspecified atom stereocenters. The number of hydrogen-bond donors (Lipinski definition) is 1. The molecule has 0 amide bonds. The molecule has 0 saturated carbocycles. The first-order valence-electron chi connectivity index (χ1n) is 6.43. The van der Waals surface area contributed by atoms with Gasteiger partial charge in [-0.05, 0) is 26.0 Å². The highest BCUT2D eigenvalue weighted by molar-refractivity contribution is 6.30. The number of benzene rings is 1. The summed E-state index contributed by atoms with van der Waals surface area (Å²) in [5.41, 5.74) is 5.64. The summed E-state index contributed by atoms with van der Waals surface area (Å²) in [6, 6.07) is 4.34. The SMILES string of the molecule is CCN(CC)c1nc(N)nc(Oc2cccc(Cl)c2F)n1. The highest BCUT2D eigenvalue weighted by Gasteiger charge is 2.14. The smallest absolute Gasteiger partial charge is 0.328 e. The number of nitrogens with two attached hydrogens (primary N) is 1. The number of halogens is 2. The molecule has 0 aliphatic rings. The summed E-state index contributed by atoms with van der Waals surface area (Å²) in [6.45, 7) is 5.32. The van der Waals surface area contributed by atoms with Crippen LogP contribution in [0.2, 0.25) is 5.02 Å². The van der Waals surface area contributed by atoms with Gasteiger partial charge in [0.05, 0.1) is 5.02 Å². The summed E-state index contributed by atoms with van der Waals surface area (Å²) in [4.78, 5) is 13.9. The lowest BCUT2D eigenvalue weighted by atomic mass is 10.3. The molecule has 0 radical (unpaired) electrons. The van der Waals surface area contributed by atoms with E-state index in [0.717, 1.165) is 0 Å². The van der Waals surface area contributed by atoms with Gasteiger partial charge in [-0.3, -0.25) is 0 Å². The molecule has 0 fully saturated rings. The molecule has 2 aromatic rings. The Balaban J connectivity index is 2.34. The second-order valence-corrected chi connectivity index (χ2v) is 4.51. The predicted octanol–water partition coefficient (Wildman–Crippen LogP) is 2.88. The van der Waals surface area contributed by atoms with Gasteiger partial charge < -0.3 is 15.4 Å². The van der Waals surface area contributed by atoms with Crippen molar-refractivity contribution in [2.75, 3.05) is 23.7 Å². The van der Waals surface area contributed by atoms with Crippen molar-refractivity contribution in [3.8, 4) is 11.8 Å². The summed E-state index contributed by atoms with van der Waals surface area (Å²) in [5, 5.41) is -0.0431. The van der Waals surface area contributed by atoms with Gasteiger partial charge in [0.2, 0.25) is 11.9 Å². The van der Waals surface area contributed by atoms with Crippen LogP contribution in [0.4, 0.5) is 16.3 Å². The van der Waals surface area contributed by atoms with Crippen LogP contribution in [0.5, 0.6) is 11.8 Å². The Morgan fingerprint density at radius 2 is 1.95 bits per heavy atom. The summed E-state index contributed by atoms with van der Waals surface area (Å²) in [5.74, 6) is -0.365. The topological polar surface area (TPSA) is 77.2 Å². The highest BCUT2D eigenvalue weighted by Crippen LogP contribution is 2.27. The highest BCUT2D eigenvalue weighted by atomic mass is 35.5. The molecule has 8 heteroatoms. The third kappa shape index (κ3) is 3.49. The van der Waals surface area contributed by atoms with Crippen LogP contribution in [0.3, 0.4) is 0 Å². The average Bonchev–Trinajstić information content (AvgIpc) is 2.45. The number of aromatic nitrogens is 3. The minimum atomic E-state index is -0.678. The van der Waals surface area contributed by atoms with Crippen molar-refractivity contribution in [3.63, 3.8) is 0 Å². The molecule has 1 heterocycles. The Bertz CT molecular complexity index is 636. The first-order valence-corrected chi connectivity index (χ1v) is 6.81. The van der Waals surface area contributed by atoms with E-state index in [2.05, 4.69) is 15.0 Å². The lowest BCUT2D eigenvalue weighted by Crippen LogP contribution is -2.25. The minimum Gasteiger partial charge on any atom is -0.421 e. The van der Waals surface area contributed by atoms with Gasteiger partial charge in [-0.1, -0.05) is 17.7 Å². The fourth-order valence-electron chi connectivity index (χ4n) is 1.72. The van der Waals surface area contributed by atoms with Gasteiger partial charge in [-0.15, -0.1) is 0 Å². The van der Waals surface area contributed by atoms with Gasteiger partial charge in [0.25, 0.3) is 0 Å². The third-order valence-corrected chi connectivity index (χ3v) is 3.08. The van der Waals surface area contributed by atoms with Crippen molar-refractivity contribution in [2.24, 2.45) is 0 Å². The fraction of sp³-hybridized carbons (Fsp3) is 0.308. The van der Waals surface area contributed by atoms with Crippen LogP contribution in [0.1, 0.15) is 13.8 Å². The van der Waals surface area contributed by atoms with Crippen LogP contribution in [0, 0.1) is 5.82 Å². The van der Waals surface area contributed by atoms with E-state index in [1.807, 2.05) is 18.7 Å². The number of rotatable bonds is 5. The molecular weight excluding hydrogens is 297 g/mol. The average molecular weight is 312 g/mol. The van der Waals surface area contributed by atoms with Crippen LogP contribution in [0.25, 0.3) is 0 Å². The monoisotopic (exact) mass is 311 g/mol. The largest absolute Gasteiger partial charge is 0.421 e. The van der Waals surface area contributed by atoms with Crippen molar-refractivity contribution < 1.29 is 9.13 Å². The zero-order chi connectivity index (χ0) is 15.4. The summed E-state index contributed by atoms with van der Waals surface area (Å²) < 4.78 is 19.1. The number of anilines is 2. The van der Waals surface area contributed by atoms with Crippen molar-refractivity contribution in [1.82, 2.24) is 15.0 Å². The van der Waals surface area contributed by atoms with Gasteiger partial charge in [-0.2, -0.15) is 15.0 Å². The molecule has 0 atom stereocenters. The molecule has 2 N–H and O–H groups in total. The standard InChI is InChI=1S/C13H15ClFN5O/c1-3-20(4-2)12-17-11(16)18-13(19-12)21-9-7-5-6-8(14)10(9)15/h5-7H,3-4H2,1-2H3,(H2,16,17,18,19). The van der Waals surface area contributed by atoms with Gasteiger partial charge in [0.1, 0.15) is 0 Å². The fourth-order valence-corrected chi connectivity index (χ4v) is 1.88. The number of ether oxygens (including phenoxy) is 1. The van der Waals surface area contributed by atoms with Crippen LogP contribution < -0.4 is 15.4 Å². The molecule has 0 saturated heterocycles. The van der Waals surface area contributed by atoms with Gasteiger partial charge in [-0.25, -0.2) is 4.39 Å². The summed E-state index contributed by atoms with van der Waals surface area (Å²) in [6.07, 6.45) is 0. The van der Waals surface area contributed by atoms with Crippen molar-refractivity contribution in [3.05, 3.63) is 29.0 Å². The van der Waals surface area contributed by atoms with Gasteiger partial charge >= 0.3 is 6.01 Å². The zero-order valence-electron chi connectivity index (χ0n) is 11.7. The summed E-state index contributed by atoms with van der Waals surface area (Å²) in [7, 11) is 0. The van der Waals surface area contributed by atoms with E-state index in [4.69, 9.17) is 22.1 Å². The van der Waals surface area contributed by atoms with E-state index in [0.29, 0.717) is 19.0 Å². The Kier molecular flexibility index (Phi) is 4.74. The molecule has 0 aliphatic heterocycles. The van der Waals surface area contributed by atoms with Crippen LogP contribution in [0.15, 0.2) is 18.2 Å². The minimum absolute atomic E-state index is 0.00402. The van der Waals surface area contributed by atoms with Crippen molar-refractivity contribution >= 4 is 23.5 Å². The lowest BCUT2D eigenvalue weighted by molar-refractivity contribution is 0.410. The first-order chi connectivity index (χ1) is 10.0. The first kappa shape index (κ1) is 15.2. The van der Waals surface area contributed by atoms with E-state index in [-0.39, 0.29) is 22.7 Å². The molecule has 0 aliphatic carbocycles. The third-order valence-electron chi connectivity index (χ3n) is 2.78.